The molecule has 2 aromatic rings. The van der Waals surface area contributed by atoms with Gasteiger partial charge in [-0.1, -0.05) is 34.5 Å². The van der Waals surface area contributed by atoms with E-state index in [0.717, 1.165) is 26.2 Å². The number of halogens is 1. The minimum Gasteiger partial charge on any atom is -0.293 e. The average molecular weight is 323 g/mol. The van der Waals surface area contributed by atoms with E-state index in [1.165, 1.54) is 5.56 Å². The second-order valence-corrected chi connectivity index (χ2v) is 6.26. The highest BCUT2D eigenvalue weighted by molar-refractivity contribution is 9.10. The van der Waals surface area contributed by atoms with Crippen LogP contribution in [-0.2, 0) is 0 Å². The number of hydrogen-bond donors (Lipinski definition) is 0. The van der Waals surface area contributed by atoms with Crippen molar-refractivity contribution < 1.29 is 4.79 Å². The van der Waals surface area contributed by atoms with Crippen LogP contribution in [0.15, 0.2) is 34.8 Å². The zero-order valence-corrected chi connectivity index (χ0v) is 12.9. The van der Waals surface area contributed by atoms with Crippen molar-refractivity contribution in [3.63, 3.8) is 0 Å². The van der Waals surface area contributed by atoms with Crippen LogP contribution in [-0.4, -0.2) is 5.78 Å². The van der Waals surface area contributed by atoms with Gasteiger partial charge < -0.3 is 0 Å². The number of rotatable bonds is 4. The number of hydrogen-bond acceptors (Lipinski definition) is 2. The Labute approximate surface area is 120 Å². The Balaban J connectivity index is 2.35. The summed E-state index contributed by atoms with van der Waals surface area (Å²) >= 11 is 5.14. The summed E-state index contributed by atoms with van der Waals surface area (Å²) in [6.07, 6.45) is 1.54. The number of thiophene rings is 1. The molecule has 3 heteroatoms. The largest absolute Gasteiger partial charge is 0.293 e. The predicted molar refractivity (Wildman–Crippen MR) is 81.4 cm³/mol. The number of benzene rings is 1. The third kappa shape index (κ3) is 2.90. The van der Waals surface area contributed by atoms with Crippen molar-refractivity contribution in [3.8, 4) is 10.4 Å². The lowest BCUT2D eigenvalue weighted by atomic mass is 10.1. The Morgan fingerprint density at radius 2 is 2.06 bits per heavy atom. The maximum atomic E-state index is 11.8. The van der Waals surface area contributed by atoms with Gasteiger partial charge in [0.05, 0.1) is 4.88 Å². The second-order valence-electron chi connectivity index (χ2n) is 4.32. The Hall–Kier alpha value is -0.930. The summed E-state index contributed by atoms with van der Waals surface area (Å²) in [6, 6.07) is 10.2. The molecule has 0 aliphatic rings. The molecule has 2 rings (SSSR count). The van der Waals surface area contributed by atoms with E-state index in [1.54, 1.807) is 11.3 Å². The molecule has 1 nitrogen and oxygen atoms in total. The molecule has 0 aliphatic heterocycles. The van der Waals surface area contributed by atoms with Gasteiger partial charge in [0.15, 0.2) is 5.78 Å². The van der Waals surface area contributed by atoms with Crippen molar-refractivity contribution in [1.29, 1.82) is 0 Å². The van der Waals surface area contributed by atoms with E-state index in [2.05, 4.69) is 41.1 Å². The summed E-state index contributed by atoms with van der Waals surface area (Å²) in [5, 5.41) is 0. The Bertz CT molecular complexity index is 572. The van der Waals surface area contributed by atoms with Crippen LogP contribution in [0.5, 0.6) is 0 Å². The first-order valence-electron chi connectivity index (χ1n) is 6.01. The molecule has 0 saturated heterocycles. The van der Waals surface area contributed by atoms with Crippen LogP contribution in [0.3, 0.4) is 0 Å². The van der Waals surface area contributed by atoms with Gasteiger partial charge in [-0.05, 0) is 37.6 Å². The average Bonchev–Trinajstić information content (AvgIpc) is 2.82. The van der Waals surface area contributed by atoms with Crippen molar-refractivity contribution in [2.75, 3.05) is 0 Å². The van der Waals surface area contributed by atoms with Gasteiger partial charge in [0.1, 0.15) is 0 Å². The minimum absolute atomic E-state index is 0.248. The van der Waals surface area contributed by atoms with Gasteiger partial charge in [-0.2, -0.15) is 0 Å². The molecular weight excluding hydrogens is 308 g/mol. The third-order valence-electron chi connectivity index (χ3n) is 2.75. The highest BCUT2D eigenvalue weighted by Crippen LogP contribution is 2.34. The maximum Gasteiger partial charge on any atom is 0.172 e. The molecule has 1 heterocycles. The zero-order valence-electron chi connectivity index (χ0n) is 10.5. The van der Waals surface area contributed by atoms with E-state index in [9.17, 15) is 4.79 Å². The molecule has 0 aliphatic carbocycles. The summed E-state index contributed by atoms with van der Waals surface area (Å²) in [7, 11) is 0. The van der Waals surface area contributed by atoms with Crippen LogP contribution in [0.4, 0.5) is 0 Å². The topological polar surface area (TPSA) is 17.1 Å². The second kappa shape index (κ2) is 5.81. The smallest absolute Gasteiger partial charge is 0.172 e. The van der Waals surface area contributed by atoms with Gasteiger partial charge in [-0.15, -0.1) is 11.3 Å². The first-order valence-corrected chi connectivity index (χ1v) is 7.62. The van der Waals surface area contributed by atoms with Gasteiger partial charge in [0.25, 0.3) is 0 Å². The molecular formula is C15H15BrOS. The van der Waals surface area contributed by atoms with Crippen LogP contribution < -0.4 is 0 Å². The van der Waals surface area contributed by atoms with Crippen molar-refractivity contribution in [2.24, 2.45) is 0 Å². The Morgan fingerprint density at radius 3 is 2.78 bits per heavy atom. The molecule has 18 heavy (non-hydrogen) atoms. The molecule has 0 atom stereocenters. The summed E-state index contributed by atoms with van der Waals surface area (Å²) in [5.74, 6) is 0.248. The van der Waals surface area contributed by atoms with Gasteiger partial charge in [-0.25, -0.2) is 0 Å². The van der Waals surface area contributed by atoms with E-state index in [-0.39, 0.29) is 5.78 Å². The van der Waals surface area contributed by atoms with Gasteiger partial charge in [0.2, 0.25) is 0 Å². The van der Waals surface area contributed by atoms with E-state index in [0.29, 0.717) is 6.42 Å². The molecule has 1 aromatic heterocycles. The number of ketones is 1. The Morgan fingerprint density at radius 1 is 1.28 bits per heavy atom. The lowest BCUT2D eigenvalue weighted by Gasteiger charge is -2.02. The lowest BCUT2D eigenvalue weighted by Crippen LogP contribution is -1.93. The first kappa shape index (κ1) is 13.5. The van der Waals surface area contributed by atoms with Crippen LogP contribution in [0.1, 0.15) is 35.0 Å². The quantitative estimate of drug-likeness (QED) is 0.682. The van der Waals surface area contributed by atoms with Gasteiger partial charge in [0, 0.05) is 21.3 Å². The van der Waals surface area contributed by atoms with Crippen LogP contribution >= 0.6 is 27.3 Å². The molecule has 1 aromatic carbocycles. The molecule has 0 bridgehead atoms. The molecule has 0 saturated carbocycles. The normalized spacial score (nSPS) is 10.6. The molecule has 0 radical (unpaired) electrons. The van der Waals surface area contributed by atoms with Crippen LogP contribution in [0.25, 0.3) is 10.4 Å². The SMILES string of the molecule is CCCC(=O)c1ccc(-c2cc(C)ccc2Br)s1. The van der Waals surface area contributed by atoms with Crippen molar-refractivity contribution >= 4 is 33.0 Å². The standard InChI is InChI=1S/C15H15BrOS/c1-3-4-13(17)15-8-7-14(18-15)11-9-10(2)5-6-12(11)16/h5-9H,3-4H2,1-2H3. The first-order chi connectivity index (χ1) is 8.61. The number of carbonyl (C=O) groups excluding carboxylic acids is 1. The Kier molecular flexibility index (Phi) is 4.36. The van der Waals surface area contributed by atoms with Crippen LogP contribution in [0.2, 0.25) is 0 Å². The zero-order chi connectivity index (χ0) is 13.1. The highest BCUT2D eigenvalue weighted by Gasteiger charge is 2.11. The summed E-state index contributed by atoms with van der Waals surface area (Å²) in [5.41, 5.74) is 2.39. The van der Waals surface area contributed by atoms with E-state index in [4.69, 9.17) is 0 Å². The molecule has 0 fully saturated rings. The fraction of sp³-hybridized carbons (Fsp3) is 0.267. The van der Waals surface area contributed by atoms with Gasteiger partial charge >= 0.3 is 0 Å². The van der Waals surface area contributed by atoms with Crippen molar-refractivity contribution in [1.82, 2.24) is 0 Å². The maximum absolute atomic E-state index is 11.8. The van der Waals surface area contributed by atoms with Gasteiger partial charge in [-0.3, -0.25) is 4.79 Å². The fourth-order valence-electron chi connectivity index (χ4n) is 1.81. The predicted octanol–water partition coefficient (Wildman–Crippen LogP) is 5.47. The third-order valence-corrected chi connectivity index (χ3v) is 4.60. The summed E-state index contributed by atoms with van der Waals surface area (Å²) in [6.45, 7) is 4.11. The monoisotopic (exact) mass is 322 g/mol. The number of Topliss-reactive ketones (excluding diaryl/α,β-unsaturated/α-hetero) is 1. The van der Waals surface area contributed by atoms with E-state index >= 15 is 0 Å². The van der Waals surface area contributed by atoms with Crippen LogP contribution in [0, 0.1) is 6.92 Å². The van der Waals surface area contributed by atoms with E-state index < -0.39 is 0 Å². The highest BCUT2D eigenvalue weighted by atomic mass is 79.9. The molecule has 0 spiro atoms. The molecule has 0 unspecified atom stereocenters. The lowest BCUT2D eigenvalue weighted by molar-refractivity contribution is 0.0985. The van der Waals surface area contributed by atoms with Crippen molar-refractivity contribution in [2.45, 2.75) is 26.7 Å². The van der Waals surface area contributed by atoms with Crippen molar-refractivity contribution in [3.05, 3.63) is 45.2 Å². The fourth-order valence-corrected chi connectivity index (χ4v) is 3.41. The molecule has 0 amide bonds. The number of aryl methyl sites for hydroxylation is 1. The van der Waals surface area contributed by atoms with E-state index in [1.807, 2.05) is 19.1 Å². The number of carbonyl (C=O) groups is 1. The molecule has 0 N–H and O–H groups in total. The minimum atomic E-state index is 0.248. The molecule has 94 valence electrons. The summed E-state index contributed by atoms with van der Waals surface area (Å²) < 4.78 is 1.07. The summed E-state index contributed by atoms with van der Waals surface area (Å²) in [4.78, 5) is 13.8.